The van der Waals surface area contributed by atoms with E-state index in [0.717, 1.165) is 6.21 Å². The number of aliphatic hydroxyl groups excluding tert-OH is 5. The molecule has 0 aliphatic heterocycles. The van der Waals surface area contributed by atoms with Gasteiger partial charge in [0.2, 0.25) is 0 Å². The van der Waals surface area contributed by atoms with Crippen LogP contribution in [0.4, 0.5) is 5.82 Å². The Hall–Kier alpha value is -1.45. The Morgan fingerprint density at radius 3 is 2.44 bits per heavy atom. The van der Waals surface area contributed by atoms with Gasteiger partial charge in [-0.25, -0.2) is 9.98 Å². The summed E-state index contributed by atoms with van der Waals surface area (Å²) < 4.78 is 0. The highest BCUT2D eigenvalue weighted by Crippen LogP contribution is 2.06. The number of aliphatic hydroxyl groups is 5. The summed E-state index contributed by atoms with van der Waals surface area (Å²) in [6, 6.07) is 0. The summed E-state index contributed by atoms with van der Waals surface area (Å²) in [6.45, 7) is -0.730. The van der Waals surface area contributed by atoms with Gasteiger partial charge in [0.25, 0.3) is 0 Å². The Kier molecular flexibility index (Phi) is 5.75. The summed E-state index contributed by atoms with van der Waals surface area (Å²) in [5.74, 6) is 0.223. The molecule has 1 rings (SSSR count). The number of aliphatic imine (C=N–C) groups is 1. The van der Waals surface area contributed by atoms with Crippen LogP contribution in [0.25, 0.3) is 0 Å². The van der Waals surface area contributed by atoms with Crippen LogP contribution < -0.4 is 0 Å². The molecule has 1 aromatic rings. The minimum absolute atomic E-state index is 0.223. The van der Waals surface area contributed by atoms with E-state index in [1.54, 1.807) is 0 Å². The van der Waals surface area contributed by atoms with Gasteiger partial charge in [-0.05, 0) is 0 Å². The Bertz CT molecular complexity index is 375. The van der Waals surface area contributed by atoms with Crippen LogP contribution in [0, 0.1) is 0 Å². The summed E-state index contributed by atoms with van der Waals surface area (Å²) >= 11 is 0. The first kappa shape index (κ1) is 14.6. The van der Waals surface area contributed by atoms with E-state index < -0.39 is 31.0 Å². The second-order valence-electron chi connectivity index (χ2n) is 3.56. The van der Waals surface area contributed by atoms with E-state index in [1.165, 1.54) is 18.6 Å². The van der Waals surface area contributed by atoms with Gasteiger partial charge in [-0.3, -0.25) is 4.98 Å². The van der Waals surface area contributed by atoms with Crippen molar-refractivity contribution in [3.8, 4) is 0 Å². The first-order valence-corrected chi connectivity index (χ1v) is 5.19. The highest BCUT2D eigenvalue weighted by molar-refractivity contribution is 5.67. The molecule has 0 aliphatic rings. The highest BCUT2D eigenvalue weighted by atomic mass is 16.4. The van der Waals surface area contributed by atoms with Crippen LogP contribution in [0.2, 0.25) is 0 Å². The summed E-state index contributed by atoms with van der Waals surface area (Å²) in [4.78, 5) is 11.3. The van der Waals surface area contributed by atoms with Gasteiger partial charge >= 0.3 is 0 Å². The molecular weight excluding hydrogens is 242 g/mol. The third-order valence-electron chi connectivity index (χ3n) is 2.19. The van der Waals surface area contributed by atoms with Crippen LogP contribution in [0.1, 0.15) is 0 Å². The molecule has 1 aromatic heterocycles. The summed E-state index contributed by atoms with van der Waals surface area (Å²) in [5.41, 5.74) is 0. The molecule has 0 bridgehead atoms. The van der Waals surface area contributed by atoms with E-state index in [0.29, 0.717) is 0 Å². The van der Waals surface area contributed by atoms with Crippen molar-refractivity contribution < 1.29 is 25.5 Å². The predicted octanol–water partition coefficient (Wildman–Crippen LogP) is -2.39. The van der Waals surface area contributed by atoms with Crippen molar-refractivity contribution in [3.63, 3.8) is 0 Å². The molecule has 8 heteroatoms. The zero-order valence-electron chi connectivity index (χ0n) is 9.40. The van der Waals surface area contributed by atoms with Gasteiger partial charge in [-0.1, -0.05) is 0 Å². The maximum atomic E-state index is 9.49. The molecule has 0 unspecified atom stereocenters. The lowest BCUT2D eigenvalue weighted by Gasteiger charge is -2.23. The van der Waals surface area contributed by atoms with Crippen molar-refractivity contribution >= 4 is 12.0 Å². The quantitative estimate of drug-likeness (QED) is 0.358. The molecular formula is C10H15N3O5. The van der Waals surface area contributed by atoms with Crippen molar-refractivity contribution in [1.82, 2.24) is 9.97 Å². The van der Waals surface area contributed by atoms with Crippen LogP contribution in [-0.2, 0) is 0 Å². The molecule has 0 spiro atoms. The molecule has 0 fully saturated rings. The first-order valence-electron chi connectivity index (χ1n) is 5.19. The van der Waals surface area contributed by atoms with Crippen molar-refractivity contribution in [2.24, 2.45) is 4.99 Å². The number of nitrogens with zero attached hydrogens (tertiary/aromatic N) is 3. The second kappa shape index (κ2) is 7.09. The number of rotatable bonds is 6. The Morgan fingerprint density at radius 1 is 1.17 bits per heavy atom. The van der Waals surface area contributed by atoms with E-state index >= 15 is 0 Å². The fourth-order valence-electron chi connectivity index (χ4n) is 1.14. The largest absolute Gasteiger partial charge is 0.394 e. The van der Waals surface area contributed by atoms with Crippen LogP contribution in [0.5, 0.6) is 0 Å². The maximum Gasteiger partial charge on any atom is 0.170 e. The van der Waals surface area contributed by atoms with E-state index in [9.17, 15) is 15.3 Å². The SMILES string of the molecule is OC[C@@H](O)[C@H](O)[C@H](O)[C@@H](O)C=Nc1cnccn1. The highest BCUT2D eigenvalue weighted by Gasteiger charge is 2.28. The van der Waals surface area contributed by atoms with Crippen molar-refractivity contribution in [2.45, 2.75) is 24.4 Å². The van der Waals surface area contributed by atoms with Crippen LogP contribution in [-0.4, -0.2) is 72.7 Å². The Balaban J connectivity index is 2.59. The summed E-state index contributed by atoms with van der Waals surface area (Å²) in [6.07, 6.45) is -1.25. The molecule has 1 heterocycles. The molecule has 4 atom stereocenters. The van der Waals surface area contributed by atoms with Crippen LogP contribution >= 0.6 is 0 Å². The average molecular weight is 257 g/mol. The van der Waals surface area contributed by atoms with Gasteiger partial charge in [0.1, 0.15) is 24.4 Å². The van der Waals surface area contributed by atoms with E-state index in [2.05, 4.69) is 15.0 Å². The lowest BCUT2D eigenvalue weighted by molar-refractivity contribution is -0.0999. The Labute approximate surface area is 103 Å². The van der Waals surface area contributed by atoms with Gasteiger partial charge in [0.15, 0.2) is 5.82 Å². The van der Waals surface area contributed by atoms with Crippen LogP contribution in [0.15, 0.2) is 23.6 Å². The molecule has 0 aliphatic carbocycles. The van der Waals surface area contributed by atoms with Gasteiger partial charge < -0.3 is 25.5 Å². The lowest BCUT2D eigenvalue weighted by atomic mass is 10.0. The minimum Gasteiger partial charge on any atom is -0.394 e. The Morgan fingerprint density at radius 2 is 1.89 bits per heavy atom. The third-order valence-corrected chi connectivity index (χ3v) is 2.19. The molecule has 0 saturated heterocycles. The molecule has 0 radical (unpaired) electrons. The summed E-state index contributed by atoms with van der Waals surface area (Å²) in [7, 11) is 0. The van der Waals surface area contributed by atoms with Crippen molar-refractivity contribution in [1.29, 1.82) is 0 Å². The molecule has 5 N–H and O–H groups in total. The zero-order chi connectivity index (χ0) is 13.5. The zero-order valence-corrected chi connectivity index (χ0v) is 9.40. The normalized spacial score (nSPS) is 18.5. The minimum atomic E-state index is -1.68. The van der Waals surface area contributed by atoms with E-state index in [-0.39, 0.29) is 5.82 Å². The molecule has 0 aromatic carbocycles. The fraction of sp³-hybridized carbons (Fsp3) is 0.500. The topological polar surface area (TPSA) is 139 Å². The third kappa shape index (κ3) is 4.09. The van der Waals surface area contributed by atoms with E-state index in [1.807, 2.05) is 0 Å². The summed E-state index contributed by atoms with van der Waals surface area (Å²) in [5, 5.41) is 46.0. The molecule has 100 valence electrons. The van der Waals surface area contributed by atoms with Gasteiger partial charge in [0, 0.05) is 18.6 Å². The average Bonchev–Trinajstić information content (AvgIpc) is 2.43. The smallest absolute Gasteiger partial charge is 0.170 e. The molecule has 8 nitrogen and oxygen atoms in total. The number of hydrogen-bond donors (Lipinski definition) is 5. The second-order valence-corrected chi connectivity index (χ2v) is 3.56. The van der Waals surface area contributed by atoms with Gasteiger partial charge in [-0.2, -0.15) is 0 Å². The molecule has 0 amide bonds. The van der Waals surface area contributed by atoms with Crippen LogP contribution in [0.3, 0.4) is 0 Å². The molecule has 18 heavy (non-hydrogen) atoms. The predicted molar refractivity (Wildman–Crippen MR) is 61.3 cm³/mol. The van der Waals surface area contributed by atoms with Crippen molar-refractivity contribution in [2.75, 3.05) is 6.61 Å². The number of aromatic nitrogens is 2. The van der Waals surface area contributed by atoms with Gasteiger partial charge in [0.05, 0.1) is 12.8 Å². The van der Waals surface area contributed by atoms with Gasteiger partial charge in [-0.15, -0.1) is 0 Å². The standard InChI is InChI=1S/C10H15N3O5/c14-5-7(16)10(18)9(17)6(15)3-13-8-4-11-1-2-12-8/h1-4,6-7,9-10,14-18H,5H2/t6-,7+,9+,10-/m0/s1. The monoisotopic (exact) mass is 257 g/mol. The maximum absolute atomic E-state index is 9.49. The fourth-order valence-corrected chi connectivity index (χ4v) is 1.14. The number of hydrogen-bond acceptors (Lipinski definition) is 8. The van der Waals surface area contributed by atoms with Crippen molar-refractivity contribution in [3.05, 3.63) is 18.6 Å². The molecule has 0 saturated carbocycles. The first-order chi connectivity index (χ1) is 8.56. The lowest BCUT2D eigenvalue weighted by Crippen LogP contribution is -2.46. The van der Waals surface area contributed by atoms with E-state index in [4.69, 9.17) is 10.2 Å².